The first-order valence-corrected chi connectivity index (χ1v) is 10.2. The van der Waals surface area contributed by atoms with Gasteiger partial charge in [-0.05, 0) is 39.2 Å². The van der Waals surface area contributed by atoms with Gasteiger partial charge in [0.05, 0.1) is 11.0 Å². The van der Waals surface area contributed by atoms with Crippen LogP contribution in [-0.4, -0.2) is 71.1 Å². The Morgan fingerprint density at radius 2 is 1.96 bits per heavy atom. The van der Waals surface area contributed by atoms with Gasteiger partial charge in [0.15, 0.2) is 0 Å². The number of rotatable bonds is 3. The number of carbonyl (C=O) groups is 1. The van der Waals surface area contributed by atoms with Gasteiger partial charge in [0.2, 0.25) is 0 Å². The Hall–Kier alpha value is -1.57. The fourth-order valence-electron chi connectivity index (χ4n) is 4.03. The molecule has 2 aliphatic heterocycles. The minimum absolute atomic E-state index is 0.138. The fourth-order valence-corrected chi connectivity index (χ4v) is 5.28. The van der Waals surface area contributed by atoms with E-state index in [1.54, 1.807) is 0 Å². The molecule has 2 aromatic rings. The monoisotopic (exact) mass is 374 g/mol. The lowest BCUT2D eigenvalue weighted by atomic mass is 10.1. The van der Waals surface area contributed by atoms with Crippen LogP contribution in [0.2, 0.25) is 0 Å². The van der Waals surface area contributed by atoms with Crippen molar-refractivity contribution in [1.82, 2.24) is 19.8 Å². The minimum Gasteiger partial charge on any atom is -0.377 e. The molecule has 0 bridgehead atoms. The van der Waals surface area contributed by atoms with Crippen molar-refractivity contribution < 1.29 is 9.53 Å². The number of thiophene rings is 1. The van der Waals surface area contributed by atoms with E-state index in [0.29, 0.717) is 6.10 Å². The van der Waals surface area contributed by atoms with E-state index in [1.165, 1.54) is 24.2 Å². The molecule has 140 valence electrons. The van der Waals surface area contributed by atoms with Gasteiger partial charge in [0.1, 0.15) is 10.7 Å². The van der Waals surface area contributed by atoms with E-state index >= 15 is 0 Å². The molecule has 7 heteroatoms. The molecule has 0 spiro atoms. The molecule has 0 saturated carbocycles. The van der Waals surface area contributed by atoms with Crippen LogP contribution in [0.1, 0.15) is 39.6 Å². The van der Waals surface area contributed by atoms with E-state index in [-0.39, 0.29) is 5.91 Å². The van der Waals surface area contributed by atoms with Crippen LogP contribution >= 0.6 is 11.3 Å². The van der Waals surface area contributed by atoms with E-state index < -0.39 is 0 Å². The molecule has 2 fully saturated rings. The van der Waals surface area contributed by atoms with E-state index in [1.807, 2.05) is 25.7 Å². The summed E-state index contributed by atoms with van der Waals surface area (Å²) in [6.45, 7) is 11.2. The molecule has 2 aliphatic rings. The molecule has 0 N–H and O–H groups in total. The highest BCUT2D eigenvalue weighted by atomic mass is 32.1. The van der Waals surface area contributed by atoms with Crippen molar-refractivity contribution in [3.63, 3.8) is 0 Å². The van der Waals surface area contributed by atoms with Crippen molar-refractivity contribution >= 4 is 27.5 Å². The Bertz CT molecular complexity index is 821. The van der Waals surface area contributed by atoms with E-state index in [2.05, 4.69) is 14.9 Å². The topological polar surface area (TPSA) is 58.6 Å². The summed E-state index contributed by atoms with van der Waals surface area (Å²) in [7, 11) is 0. The lowest BCUT2D eigenvalue weighted by Gasteiger charge is -2.35. The summed E-state index contributed by atoms with van der Waals surface area (Å²) < 4.78 is 5.74. The van der Waals surface area contributed by atoms with Crippen LogP contribution in [-0.2, 0) is 4.74 Å². The van der Waals surface area contributed by atoms with Gasteiger partial charge in [-0.15, -0.1) is 11.3 Å². The molecule has 1 unspecified atom stereocenters. The number of ether oxygens (including phenoxy) is 1. The van der Waals surface area contributed by atoms with E-state index in [4.69, 9.17) is 4.74 Å². The molecule has 0 radical (unpaired) electrons. The lowest BCUT2D eigenvalue weighted by molar-refractivity contribution is 0.0435. The van der Waals surface area contributed by atoms with Crippen molar-refractivity contribution in [3.8, 4) is 0 Å². The van der Waals surface area contributed by atoms with Crippen molar-refractivity contribution in [3.05, 3.63) is 22.0 Å². The number of amides is 1. The zero-order chi connectivity index (χ0) is 18.3. The quantitative estimate of drug-likeness (QED) is 0.826. The maximum atomic E-state index is 13.1. The third kappa shape index (κ3) is 3.35. The van der Waals surface area contributed by atoms with Crippen LogP contribution in [0.3, 0.4) is 0 Å². The molecule has 26 heavy (non-hydrogen) atoms. The summed E-state index contributed by atoms with van der Waals surface area (Å²) in [4.78, 5) is 28.2. The zero-order valence-corrected chi connectivity index (χ0v) is 16.6. The van der Waals surface area contributed by atoms with Crippen LogP contribution in [0.4, 0.5) is 0 Å². The first-order chi connectivity index (χ1) is 12.5. The van der Waals surface area contributed by atoms with Gasteiger partial charge in [-0.2, -0.15) is 0 Å². The van der Waals surface area contributed by atoms with E-state index in [9.17, 15) is 4.79 Å². The molecule has 0 aliphatic carbocycles. The minimum atomic E-state index is 0.138. The van der Waals surface area contributed by atoms with Crippen LogP contribution in [0.5, 0.6) is 0 Å². The summed E-state index contributed by atoms with van der Waals surface area (Å²) in [5, 5.41) is 1.04. The molecule has 4 rings (SSSR count). The molecule has 1 amide bonds. The first kappa shape index (κ1) is 17.8. The highest BCUT2D eigenvalue weighted by Crippen LogP contribution is 2.32. The van der Waals surface area contributed by atoms with Gasteiger partial charge in [-0.3, -0.25) is 9.69 Å². The summed E-state index contributed by atoms with van der Waals surface area (Å²) in [5.41, 5.74) is 1.98. The lowest BCUT2D eigenvalue weighted by Crippen LogP contribution is -2.50. The van der Waals surface area contributed by atoms with E-state index in [0.717, 1.165) is 71.5 Å². The maximum Gasteiger partial charge on any atom is 0.264 e. The Balaban J connectivity index is 1.46. The molecular weight excluding hydrogens is 348 g/mol. The normalized spacial score (nSPS) is 21.7. The van der Waals surface area contributed by atoms with Crippen molar-refractivity contribution in [2.24, 2.45) is 0 Å². The molecule has 4 heterocycles. The van der Waals surface area contributed by atoms with Gasteiger partial charge in [0.25, 0.3) is 5.91 Å². The predicted octanol–water partition coefficient (Wildman–Crippen LogP) is 2.55. The molecule has 0 aromatic carbocycles. The highest BCUT2D eigenvalue weighted by molar-refractivity contribution is 7.20. The van der Waals surface area contributed by atoms with Crippen molar-refractivity contribution in [2.45, 2.75) is 39.7 Å². The Morgan fingerprint density at radius 1 is 1.19 bits per heavy atom. The van der Waals surface area contributed by atoms with Gasteiger partial charge in [-0.25, -0.2) is 9.97 Å². The van der Waals surface area contributed by atoms with Crippen LogP contribution in [0.15, 0.2) is 0 Å². The number of aryl methyl sites for hydroxylation is 3. The first-order valence-electron chi connectivity index (χ1n) is 9.40. The standard InChI is InChI=1S/C19H26N4O2S/c1-12-16-13(2)20-14(3)21-18(16)26-17(12)19(24)23-8-6-22(7-9-23)11-15-5-4-10-25-15/h15H,4-11H2,1-3H3. The molecule has 6 nitrogen and oxygen atoms in total. The van der Waals surface area contributed by atoms with Gasteiger partial charge in [-0.1, -0.05) is 0 Å². The number of hydrogen-bond acceptors (Lipinski definition) is 6. The Morgan fingerprint density at radius 3 is 2.65 bits per heavy atom. The number of hydrogen-bond donors (Lipinski definition) is 0. The molecule has 2 aromatic heterocycles. The summed E-state index contributed by atoms with van der Waals surface area (Å²) in [6.07, 6.45) is 2.72. The van der Waals surface area contributed by atoms with Crippen molar-refractivity contribution in [2.75, 3.05) is 39.3 Å². The average molecular weight is 375 g/mol. The number of fused-ring (bicyclic) bond motifs is 1. The second-order valence-electron chi connectivity index (χ2n) is 7.32. The fraction of sp³-hybridized carbons (Fsp3) is 0.632. The zero-order valence-electron chi connectivity index (χ0n) is 15.7. The predicted molar refractivity (Wildman–Crippen MR) is 103 cm³/mol. The largest absolute Gasteiger partial charge is 0.377 e. The average Bonchev–Trinajstić information content (AvgIpc) is 3.23. The molecule has 2 saturated heterocycles. The second-order valence-corrected chi connectivity index (χ2v) is 8.32. The third-order valence-corrected chi connectivity index (χ3v) is 6.60. The van der Waals surface area contributed by atoms with Gasteiger partial charge < -0.3 is 9.64 Å². The van der Waals surface area contributed by atoms with Gasteiger partial charge in [0, 0.05) is 50.4 Å². The number of aromatic nitrogens is 2. The Kier molecular flexibility index (Phi) is 4.94. The molecule has 1 atom stereocenters. The molecular formula is C19H26N4O2S. The van der Waals surface area contributed by atoms with Crippen molar-refractivity contribution in [1.29, 1.82) is 0 Å². The summed E-state index contributed by atoms with van der Waals surface area (Å²) in [5.74, 6) is 0.900. The smallest absolute Gasteiger partial charge is 0.264 e. The summed E-state index contributed by atoms with van der Waals surface area (Å²) >= 11 is 1.51. The number of nitrogens with zero attached hydrogens (tertiary/aromatic N) is 4. The SMILES string of the molecule is Cc1nc(C)c2c(C)c(C(=O)N3CCN(CC4CCCO4)CC3)sc2n1. The van der Waals surface area contributed by atoms with Crippen LogP contribution in [0.25, 0.3) is 10.2 Å². The number of piperazine rings is 1. The second kappa shape index (κ2) is 7.21. The van der Waals surface area contributed by atoms with Gasteiger partial charge >= 0.3 is 0 Å². The highest BCUT2D eigenvalue weighted by Gasteiger charge is 2.28. The third-order valence-electron chi connectivity index (χ3n) is 5.42. The summed E-state index contributed by atoms with van der Waals surface area (Å²) in [6, 6.07) is 0. The van der Waals surface area contributed by atoms with Crippen LogP contribution in [0, 0.1) is 20.8 Å². The Labute approximate surface area is 158 Å². The maximum absolute atomic E-state index is 13.1. The number of carbonyl (C=O) groups excluding carboxylic acids is 1. The van der Waals surface area contributed by atoms with Crippen LogP contribution < -0.4 is 0 Å².